The molecule has 8 nitrogen and oxygen atoms in total. The molecule has 164 valence electrons. The van der Waals surface area contributed by atoms with Gasteiger partial charge in [0.05, 0.1) is 23.0 Å². The van der Waals surface area contributed by atoms with E-state index in [4.69, 9.17) is 9.47 Å². The second-order valence-corrected chi connectivity index (χ2v) is 7.06. The molecule has 0 radical (unpaired) electrons. The molecule has 2 amide bonds. The zero-order valence-electron chi connectivity index (χ0n) is 16.9. The van der Waals surface area contributed by atoms with Crippen LogP contribution in [0.2, 0.25) is 0 Å². The van der Waals surface area contributed by atoms with Gasteiger partial charge in [0, 0.05) is 0 Å². The maximum atomic E-state index is 13.6. The van der Waals surface area contributed by atoms with Crippen molar-refractivity contribution in [2.24, 2.45) is 11.0 Å². The smallest absolute Gasteiger partial charge is 0.344 e. The van der Waals surface area contributed by atoms with E-state index in [0.717, 1.165) is 0 Å². The fourth-order valence-corrected chi connectivity index (χ4v) is 2.75. The van der Waals surface area contributed by atoms with Crippen LogP contribution in [-0.2, 0) is 19.1 Å². The summed E-state index contributed by atoms with van der Waals surface area (Å²) in [5, 5.41) is 6.19. The molecular formula is C21H21BrFN3O5. The Kier molecular flexibility index (Phi) is 9.13. The number of hydrogen-bond donors (Lipinski definition) is 2. The van der Waals surface area contributed by atoms with E-state index in [9.17, 15) is 18.8 Å². The van der Waals surface area contributed by atoms with Crippen molar-refractivity contribution < 1.29 is 28.2 Å². The zero-order valence-corrected chi connectivity index (χ0v) is 18.4. The number of ether oxygens (including phenoxy) is 2. The number of rotatable bonds is 9. The van der Waals surface area contributed by atoms with E-state index >= 15 is 0 Å². The molecule has 0 aliphatic carbocycles. The van der Waals surface area contributed by atoms with Gasteiger partial charge in [-0.25, -0.2) is 14.6 Å². The molecule has 0 aromatic heterocycles. The van der Waals surface area contributed by atoms with Gasteiger partial charge in [-0.1, -0.05) is 12.1 Å². The van der Waals surface area contributed by atoms with Crippen molar-refractivity contribution in [3.05, 3.63) is 58.3 Å². The summed E-state index contributed by atoms with van der Waals surface area (Å²) in [6, 6.07) is 10.6. The highest BCUT2D eigenvalue weighted by atomic mass is 79.9. The summed E-state index contributed by atoms with van der Waals surface area (Å²) in [6.07, 6.45) is 1.37. The molecule has 31 heavy (non-hydrogen) atoms. The van der Waals surface area contributed by atoms with Crippen LogP contribution in [0.3, 0.4) is 0 Å². The molecule has 2 N–H and O–H groups in total. The fourth-order valence-electron chi connectivity index (χ4n) is 2.24. The Morgan fingerprint density at radius 3 is 2.61 bits per heavy atom. The lowest BCUT2D eigenvalue weighted by atomic mass is 10.1. The molecule has 0 heterocycles. The summed E-state index contributed by atoms with van der Waals surface area (Å²) >= 11 is 3.33. The predicted octanol–water partition coefficient (Wildman–Crippen LogP) is 3.26. The van der Waals surface area contributed by atoms with Gasteiger partial charge >= 0.3 is 5.97 Å². The third kappa shape index (κ3) is 7.49. The maximum absolute atomic E-state index is 13.6. The second kappa shape index (κ2) is 11.8. The maximum Gasteiger partial charge on any atom is 0.344 e. The minimum Gasteiger partial charge on any atom is -0.481 e. The molecule has 0 fully saturated rings. The molecule has 1 atom stereocenters. The lowest BCUT2D eigenvalue weighted by molar-refractivity contribution is -0.145. The third-order valence-corrected chi connectivity index (χ3v) is 4.53. The molecule has 0 aliphatic rings. The number of hydrogen-bond acceptors (Lipinski definition) is 6. The van der Waals surface area contributed by atoms with Crippen LogP contribution in [0.5, 0.6) is 5.75 Å². The van der Waals surface area contributed by atoms with Gasteiger partial charge in [-0.05, 0) is 65.7 Å². The van der Waals surface area contributed by atoms with Crippen LogP contribution in [-0.4, -0.2) is 37.2 Å². The van der Waals surface area contributed by atoms with Crippen molar-refractivity contribution >= 4 is 45.6 Å². The van der Waals surface area contributed by atoms with Crippen LogP contribution >= 0.6 is 15.9 Å². The topological polar surface area (TPSA) is 106 Å². The Bertz CT molecular complexity index is 983. The first-order chi connectivity index (χ1) is 14.8. The first-order valence-corrected chi connectivity index (χ1v) is 10.1. The first kappa shape index (κ1) is 24.0. The Morgan fingerprint density at radius 1 is 1.19 bits per heavy atom. The second-order valence-electron chi connectivity index (χ2n) is 6.21. The van der Waals surface area contributed by atoms with Crippen molar-refractivity contribution in [2.45, 2.75) is 13.8 Å². The van der Waals surface area contributed by atoms with E-state index in [0.29, 0.717) is 15.8 Å². The molecule has 1 unspecified atom stereocenters. The number of amides is 2. The van der Waals surface area contributed by atoms with Gasteiger partial charge in [0.2, 0.25) is 5.91 Å². The lowest BCUT2D eigenvalue weighted by Crippen LogP contribution is -2.34. The Labute approximate surface area is 186 Å². The molecule has 0 aliphatic heterocycles. The summed E-state index contributed by atoms with van der Waals surface area (Å²) in [5.74, 6) is -3.05. The number of hydrazone groups is 1. The van der Waals surface area contributed by atoms with Gasteiger partial charge in [0.1, 0.15) is 17.5 Å². The van der Waals surface area contributed by atoms with Gasteiger partial charge in [-0.3, -0.25) is 9.59 Å². The van der Waals surface area contributed by atoms with Gasteiger partial charge in [-0.15, -0.1) is 0 Å². The van der Waals surface area contributed by atoms with E-state index < -0.39 is 29.5 Å². The minimum absolute atomic E-state index is 0.00855. The normalized spacial score (nSPS) is 11.6. The number of carbonyl (C=O) groups is 3. The van der Waals surface area contributed by atoms with E-state index in [2.05, 4.69) is 31.8 Å². The highest BCUT2D eigenvalue weighted by Crippen LogP contribution is 2.25. The zero-order chi connectivity index (χ0) is 22.8. The van der Waals surface area contributed by atoms with E-state index in [1.54, 1.807) is 31.2 Å². The predicted molar refractivity (Wildman–Crippen MR) is 116 cm³/mol. The van der Waals surface area contributed by atoms with Crippen LogP contribution in [0.25, 0.3) is 0 Å². The Balaban J connectivity index is 1.88. The standard InChI is InChI=1S/C21H21BrFN3O5/c1-3-30-19(27)12-31-18-9-8-14(10-15(18)22)11-24-26-21(29)13(2)20(28)25-17-7-5-4-6-16(17)23/h4-11,13H,3,12H2,1-2H3,(H,25,28)(H,26,29). The van der Waals surface area contributed by atoms with E-state index in [-0.39, 0.29) is 18.9 Å². The van der Waals surface area contributed by atoms with Gasteiger partial charge in [0.15, 0.2) is 6.61 Å². The highest BCUT2D eigenvalue weighted by molar-refractivity contribution is 9.10. The number of halogens is 2. The van der Waals surface area contributed by atoms with Gasteiger partial charge in [-0.2, -0.15) is 5.10 Å². The summed E-state index contributed by atoms with van der Waals surface area (Å²) in [4.78, 5) is 35.6. The number of nitrogens with one attached hydrogen (secondary N) is 2. The molecule has 0 spiro atoms. The average Bonchev–Trinajstić information content (AvgIpc) is 2.74. The number of para-hydroxylation sites is 1. The number of benzene rings is 2. The van der Waals surface area contributed by atoms with Crippen molar-refractivity contribution in [1.29, 1.82) is 0 Å². The monoisotopic (exact) mass is 493 g/mol. The third-order valence-electron chi connectivity index (χ3n) is 3.91. The van der Waals surface area contributed by atoms with Crippen LogP contribution in [0.15, 0.2) is 52.0 Å². The van der Waals surface area contributed by atoms with Crippen LogP contribution in [0.4, 0.5) is 10.1 Å². The average molecular weight is 494 g/mol. The van der Waals surface area contributed by atoms with Crippen molar-refractivity contribution in [3.63, 3.8) is 0 Å². The van der Waals surface area contributed by atoms with Gasteiger partial charge < -0.3 is 14.8 Å². The van der Waals surface area contributed by atoms with Crippen LogP contribution in [0.1, 0.15) is 19.4 Å². The summed E-state index contributed by atoms with van der Waals surface area (Å²) in [6.45, 7) is 3.14. The SMILES string of the molecule is CCOC(=O)COc1ccc(C=NNC(=O)C(C)C(=O)Nc2ccccc2F)cc1Br. The first-order valence-electron chi connectivity index (χ1n) is 9.28. The van der Waals surface area contributed by atoms with Gasteiger partial charge in [0.25, 0.3) is 5.91 Å². The summed E-state index contributed by atoms with van der Waals surface area (Å²) in [7, 11) is 0. The largest absolute Gasteiger partial charge is 0.481 e. The molecule has 0 saturated carbocycles. The van der Waals surface area contributed by atoms with Crippen LogP contribution in [0, 0.1) is 11.7 Å². The van der Waals surface area contributed by atoms with Crippen molar-refractivity contribution in [2.75, 3.05) is 18.5 Å². The van der Waals surface area contributed by atoms with E-state index in [1.807, 2.05) is 0 Å². The Hall–Kier alpha value is -3.27. The minimum atomic E-state index is -1.10. The molecule has 2 aromatic rings. The molecule has 0 bridgehead atoms. The number of esters is 1. The fraction of sp³-hybridized carbons (Fsp3) is 0.238. The quantitative estimate of drug-likeness (QED) is 0.241. The molecular weight excluding hydrogens is 473 g/mol. The highest BCUT2D eigenvalue weighted by Gasteiger charge is 2.22. The van der Waals surface area contributed by atoms with Crippen molar-refractivity contribution in [1.82, 2.24) is 5.43 Å². The number of nitrogens with zero attached hydrogens (tertiary/aromatic N) is 1. The van der Waals surface area contributed by atoms with E-state index in [1.165, 1.54) is 31.3 Å². The number of carbonyl (C=O) groups excluding carboxylic acids is 3. The molecule has 10 heteroatoms. The molecule has 0 saturated heterocycles. The summed E-state index contributed by atoms with van der Waals surface area (Å²) < 4.78 is 24.3. The molecule has 2 rings (SSSR count). The van der Waals surface area contributed by atoms with Crippen LogP contribution < -0.4 is 15.5 Å². The van der Waals surface area contributed by atoms with Crippen molar-refractivity contribution in [3.8, 4) is 5.75 Å². The molecule has 2 aromatic carbocycles. The number of anilines is 1. The lowest BCUT2D eigenvalue weighted by Gasteiger charge is -2.11. The Morgan fingerprint density at radius 2 is 1.94 bits per heavy atom. The summed E-state index contributed by atoms with van der Waals surface area (Å²) in [5.41, 5.74) is 2.88.